The molecule has 4 nitrogen and oxygen atoms in total. The molecule has 0 unspecified atom stereocenters. The lowest BCUT2D eigenvalue weighted by Gasteiger charge is -2.06. The van der Waals surface area contributed by atoms with Crippen molar-refractivity contribution < 1.29 is 4.79 Å². The van der Waals surface area contributed by atoms with Crippen LogP contribution in [0.5, 0.6) is 0 Å². The third-order valence-electron chi connectivity index (χ3n) is 2.29. The Kier molecular flexibility index (Phi) is 4.06. The molecule has 0 aliphatic heterocycles. The molecule has 0 spiro atoms. The maximum atomic E-state index is 12.0. The van der Waals surface area contributed by atoms with Crippen molar-refractivity contribution in [1.29, 1.82) is 0 Å². The molecule has 0 fully saturated rings. The molecule has 0 radical (unpaired) electrons. The number of halogens is 1. The van der Waals surface area contributed by atoms with Crippen LogP contribution >= 0.6 is 27.7 Å². The first-order valence-corrected chi connectivity index (χ1v) is 7.30. The number of thioether (sulfide) groups is 1. The number of nitrogens with one attached hydrogen (secondary N) is 1. The zero-order valence-corrected chi connectivity index (χ0v) is 11.7. The van der Waals surface area contributed by atoms with Crippen molar-refractivity contribution in [2.24, 2.45) is 0 Å². The summed E-state index contributed by atoms with van der Waals surface area (Å²) in [5, 5.41) is 2.88. The van der Waals surface area contributed by atoms with Crippen molar-refractivity contribution in [2.45, 2.75) is 0 Å². The number of carbonyl (C=O) groups is 1. The van der Waals surface area contributed by atoms with Gasteiger partial charge in [-0.3, -0.25) is 4.79 Å². The number of hydrogen-bond acceptors (Lipinski definition) is 3. The van der Waals surface area contributed by atoms with Crippen LogP contribution in [-0.2, 0) is 0 Å². The molecule has 1 amide bonds. The van der Waals surface area contributed by atoms with E-state index >= 15 is 0 Å². The van der Waals surface area contributed by atoms with Gasteiger partial charge in [-0.2, -0.15) is 11.8 Å². The molecular weight excluding hydrogens is 302 g/mol. The summed E-state index contributed by atoms with van der Waals surface area (Å²) in [4.78, 5) is 16.2. The topological polar surface area (TPSA) is 46.4 Å². The maximum absolute atomic E-state index is 12.0. The highest BCUT2D eigenvalue weighted by Crippen LogP contribution is 2.16. The molecular formula is C11H12BrN3OS. The van der Waals surface area contributed by atoms with E-state index in [4.69, 9.17) is 0 Å². The van der Waals surface area contributed by atoms with E-state index in [1.54, 1.807) is 24.0 Å². The minimum absolute atomic E-state index is 0.0865. The van der Waals surface area contributed by atoms with Gasteiger partial charge in [-0.1, -0.05) is 0 Å². The Morgan fingerprint density at radius 3 is 3.24 bits per heavy atom. The maximum Gasteiger partial charge on any atom is 0.255 e. The minimum Gasteiger partial charge on any atom is -0.351 e. The van der Waals surface area contributed by atoms with Crippen LogP contribution < -0.4 is 5.32 Å². The van der Waals surface area contributed by atoms with Crippen LogP contribution in [0.2, 0.25) is 0 Å². The highest BCUT2D eigenvalue weighted by atomic mass is 79.9. The second kappa shape index (κ2) is 5.55. The summed E-state index contributed by atoms with van der Waals surface area (Å²) in [7, 11) is 0. The SMILES string of the molecule is CSCCNC(=O)c1cc(Br)cn2ccnc12. The van der Waals surface area contributed by atoms with Gasteiger partial charge in [0.15, 0.2) is 0 Å². The van der Waals surface area contributed by atoms with Crippen LogP contribution in [0.1, 0.15) is 10.4 Å². The fourth-order valence-electron chi connectivity index (χ4n) is 1.53. The Balaban J connectivity index is 2.27. The van der Waals surface area contributed by atoms with Crippen molar-refractivity contribution in [3.8, 4) is 0 Å². The molecule has 90 valence electrons. The fourth-order valence-corrected chi connectivity index (χ4v) is 2.28. The zero-order chi connectivity index (χ0) is 12.3. The smallest absolute Gasteiger partial charge is 0.255 e. The summed E-state index contributed by atoms with van der Waals surface area (Å²) in [6, 6.07) is 1.79. The number of pyridine rings is 1. The Bertz CT molecular complexity index is 540. The van der Waals surface area contributed by atoms with E-state index < -0.39 is 0 Å². The third-order valence-corrected chi connectivity index (χ3v) is 3.34. The largest absolute Gasteiger partial charge is 0.351 e. The van der Waals surface area contributed by atoms with E-state index in [0.717, 1.165) is 10.2 Å². The van der Waals surface area contributed by atoms with Crippen LogP contribution in [0.15, 0.2) is 29.1 Å². The second-order valence-electron chi connectivity index (χ2n) is 3.48. The van der Waals surface area contributed by atoms with Crippen LogP contribution in [0.25, 0.3) is 5.65 Å². The molecule has 6 heteroatoms. The van der Waals surface area contributed by atoms with Gasteiger partial charge in [-0.15, -0.1) is 0 Å². The highest BCUT2D eigenvalue weighted by molar-refractivity contribution is 9.10. The summed E-state index contributed by atoms with van der Waals surface area (Å²) in [6.07, 6.45) is 7.39. The van der Waals surface area contributed by atoms with Crippen molar-refractivity contribution in [3.63, 3.8) is 0 Å². The Hall–Kier alpha value is -1.01. The predicted molar refractivity (Wildman–Crippen MR) is 73.6 cm³/mol. The normalized spacial score (nSPS) is 10.7. The van der Waals surface area contributed by atoms with Gasteiger partial charge in [0.25, 0.3) is 5.91 Å². The molecule has 2 aromatic heterocycles. The molecule has 2 rings (SSSR count). The second-order valence-corrected chi connectivity index (χ2v) is 5.38. The third kappa shape index (κ3) is 2.81. The summed E-state index contributed by atoms with van der Waals surface area (Å²) < 4.78 is 2.69. The molecule has 0 saturated heterocycles. The molecule has 2 aromatic rings. The van der Waals surface area contributed by atoms with Crippen molar-refractivity contribution in [1.82, 2.24) is 14.7 Å². The average Bonchev–Trinajstić information content (AvgIpc) is 2.75. The van der Waals surface area contributed by atoms with Gasteiger partial charge in [0.05, 0.1) is 5.56 Å². The number of fused-ring (bicyclic) bond motifs is 1. The highest BCUT2D eigenvalue weighted by Gasteiger charge is 2.12. The van der Waals surface area contributed by atoms with Crippen LogP contribution in [0.4, 0.5) is 0 Å². The molecule has 0 aliphatic carbocycles. The van der Waals surface area contributed by atoms with Crippen molar-refractivity contribution in [2.75, 3.05) is 18.6 Å². The molecule has 17 heavy (non-hydrogen) atoms. The van der Waals surface area contributed by atoms with Gasteiger partial charge in [0, 0.05) is 35.4 Å². The minimum atomic E-state index is -0.0865. The Labute approximate surface area is 112 Å². The van der Waals surface area contributed by atoms with Crippen LogP contribution in [0.3, 0.4) is 0 Å². The lowest BCUT2D eigenvalue weighted by Crippen LogP contribution is -2.26. The van der Waals surface area contributed by atoms with Crippen molar-refractivity contribution >= 4 is 39.2 Å². The molecule has 0 aliphatic rings. The van der Waals surface area contributed by atoms with Crippen LogP contribution in [-0.4, -0.2) is 33.8 Å². The number of rotatable bonds is 4. The fraction of sp³-hybridized carbons (Fsp3) is 0.273. The number of carbonyl (C=O) groups excluding carboxylic acids is 1. The summed E-state index contributed by atoms with van der Waals surface area (Å²) in [5.41, 5.74) is 1.26. The molecule has 0 bridgehead atoms. The summed E-state index contributed by atoms with van der Waals surface area (Å²) in [5.74, 6) is 0.821. The van der Waals surface area contributed by atoms with Gasteiger partial charge in [-0.25, -0.2) is 4.98 Å². The molecule has 0 saturated carbocycles. The number of aromatic nitrogens is 2. The Morgan fingerprint density at radius 2 is 2.47 bits per heavy atom. The van der Waals surface area contributed by atoms with Gasteiger partial charge < -0.3 is 9.72 Å². The summed E-state index contributed by atoms with van der Waals surface area (Å²) >= 11 is 5.09. The Morgan fingerprint density at radius 1 is 1.65 bits per heavy atom. The molecule has 0 aromatic carbocycles. The van der Waals surface area contributed by atoms with Gasteiger partial charge in [0.2, 0.25) is 0 Å². The molecule has 0 atom stereocenters. The number of amides is 1. The van der Waals surface area contributed by atoms with Gasteiger partial charge in [0.1, 0.15) is 5.65 Å². The van der Waals surface area contributed by atoms with E-state index in [2.05, 4.69) is 26.2 Å². The number of hydrogen-bond donors (Lipinski definition) is 1. The van der Waals surface area contributed by atoms with Gasteiger partial charge >= 0.3 is 0 Å². The molecule has 1 N–H and O–H groups in total. The monoisotopic (exact) mass is 313 g/mol. The van der Waals surface area contributed by atoms with Crippen molar-refractivity contribution in [3.05, 3.63) is 34.7 Å². The van der Waals surface area contributed by atoms with E-state index in [1.165, 1.54) is 0 Å². The quantitative estimate of drug-likeness (QED) is 0.880. The molecule has 2 heterocycles. The first-order chi connectivity index (χ1) is 8.22. The van der Waals surface area contributed by atoms with E-state index in [-0.39, 0.29) is 5.91 Å². The number of nitrogens with zero attached hydrogens (tertiary/aromatic N) is 2. The van der Waals surface area contributed by atoms with Gasteiger partial charge in [-0.05, 0) is 28.3 Å². The zero-order valence-electron chi connectivity index (χ0n) is 9.31. The van der Waals surface area contributed by atoms with E-state index in [1.807, 2.05) is 23.1 Å². The first-order valence-electron chi connectivity index (χ1n) is 5.11. The first kappa shape index (κ1) is 12.4. The lowest BCUT2D eigenvalue weighted by molar-refractivity contribution is 0.0957. The van der Waals surface area contributed by atoms with Crippen LogP contribution in [0, 0.1) is 0 Å². The predicted octanol–water partition coefficient (Wildman–Crippen LogP) is 2.19. The number of imidazole rings is 1. The summed E-state index contributed by atoms with van der Waals surface area (Å²) in [6.45, 7) is 0.666. The van der Waals surface area contributed by atoms with E-state index in [9.17, 15) is 4.79 Å². The average molecular weight is 314 g/mol. The standard InChI is InChI=1S/C11H12BrN3OS/c1-17-5-3-14-11(16)9-6-8(12)7-15-4-2-13-10(9)15/h2,4,6-7H,3,5H2,1H3,(H,14,16). The lowest BCUT2D eigenvalue weighted by atomic mass is 10.2. The van der Waals surface area contributed by atoms with E-state index in [0.29, 0.717) is 17.8 Å².